The fourth-order valence-electron chi connectivity index (χ4n) is 2.22. The zero-order valence-electron chi connectivity index (χ0n) is 10.2. The van der Waals surface area contributed by atoms with Gasteiger partial charge in [-0.25, -0.2) is 0 Å². The molecular formula is C11H22N2O. The van der Waals surface area contributed by atoms with Crippen LogP contribution >= 0.6 is 0 Å². The van der Waals surface area contributed by atoms with Gasteiger partial charge in [0.2, 0.25) is 5.91 Å². The highest BCUT2D eigenvalue weighted by molar-refractivity contribution is 5.77. The first-order valence-corrected chi connectivity index (χ1v) is 5.15. The highest BCUT2D eigenvalue weighted by atomic mass is 16.2. The zero-order valence-corrected chi connectivity index (χ0v) is 10.2. The van der Waals surface area contributed by atoms with Crippen molar-refractivity contribution >= 4 is 5.91 Å². The lowest BCUT2D eigenvalue weighted by Gasteiger charge is -2.43. The van der Waals surface area contributed by atoms with E-state index >= 15 is 0 Å². The Kier molecular flexibility index (Phi) is 2.65. The molecule has 0 unspecified atom stereocenters. The van der Waals surface area contributed by atoms with Crippen molar-refractivity contribution in [3.8, 4) is 0 Å². The first-order chi connectivity index (χ1) is 6.17. The molecule has 1 aliphatic rings. The van der Waals surface area contributed by atoms with Crippen LogP contribution in [0.25, 0.3) is 0 Å². The van der Waals surface area contributed by atoms with Crippen molar-refractivity contribution in [2.45, 2.75) is 45.2 Å². The molecule has 14 heavy (non-hydrogen) atoms. The fraction of sp³-hybridized carbons (Fsp3) is 0.909. The number of likely N-dealkylation sites (N-methyl/N-ethyl adjacent to an activating group) is 2. The van der Waals surface area contributed by atoms with E-state index in [1.165, 1.54) is 0 Å². The van der Waals surface area contributed by atoms with E-state index in [0.717, 1.165) is 6.54 Å². The summed E-state index contributed by atoms with van der Waals surface area (Å²) < 4.78 is 0. The van der Waals surface area contributed by atoms with Crippen molar-refractivity contribution in [3.63, 3.8) is 0 Å². The van der Waals surface area contributed by atoms with E-state index in [1.807, 2.05) is 11.9 Å². The van der Waals surface area contributed by atoms with Crippen molar-refractivity contribution in [1.82, 2.24) is 9.80 Å². The van der Waals surface area contributed by atoms with E-state index < -0.39 is 0 Å². The Hall–Kier alpha value is -0.570. The van der Waals surface area contributed by atoms with Gasteiger partial charge in [-0.2, -0.15) is 0 Å². The Balaban J connectivity index is 3.02. The summed E-state index contributed by atoms with van der Waals surface area (Å²) in [4.78, 5) is 15.9. The number of carbonyl (C=O) groups excluding carboxylic acids is 1. The summed E-state index contributed by atoms with van der Waals surface area (Å²) >= 11 is 0. The molecule has 0 aliphatic carbocycles. The maximum atomic E-state index is 11.8. The van der Waals surface area contributed by atoms with Crippen molar-refractivity contribution in [2.24, 2.45) is 0 Å². The van der Waals surface area contributed by atoms with E-state index in [0.29, 0.717) is 6.42 Å². The van der Waals surface area contributed by atoms with Crippen LogP contribution in [0.3, 0.4) is 0 Å². The van der Waals surface area contributed by atoms with Gasteiger partial charge in [0.1, 0.15) is 0 Å². The lowest BCUT2D eigenvalue weighted by atomic mass is 9.93. The Morgan fingerprint density at radius 3 is 2.07 bits per heavy atom. The summed E-state index contributed by atoms with van der Waals surface area (Å²) in [6.45, 7) is 9.43. The van der Waals surface area contributed by atoms with E-state index in [-0.39, 0.29) is 17.0 Å². The largest absolute Gasteiger partial charge is 0.344 e. The predicted octanol–water partition coefficient (Wildman–Crippen LogP) is 1.34. The van der Waals surface area contributed by atoms with E-state index in [2.05, 4.69) is 39.6 Å². The monoisotopic (exact) mass is 198 g/mol. The molecule has 0 spiro atoms. The Labute approximate surface area is 87.1 Å². The van der Waals surface area contributed by atoms with Crippen LogP contribution in [0.4, 0.5) is 0 Å². The highest BCUT2D eigenvalue weighted by Crippen LogP contribution is 2.30. The lowest BCUT2D eigenvalue weighted by Crippen LogP contribution is -2.54. The third kappa shape index (κ3) is 1.92. The minimum atomic E-state index is -0.0503. The van der Waals surface area contributed by atoms with Gasteiger partial charge in [-0.05, 0) is 34.7 Å². The zero-order chi connectivity index (χ0) is 11.1. The summed E-state index contributed by atoms with van der Waals surface area (Å²) in [7, 11) is 3.99. The average molecular weight is 198 g/mol. The Morgan fingerprint density at radius 2 is 1.57 bits per heavy atom. The highest BCUT2D eigenvalue weighted by Gasteiger charge is 2.41. The normalized spacial score (nSPS) is 27.6. The van der Waals surface area contributed by atoms with Crippen LogP contribution in [0.15, 0.2) is 0 Å². The molecule has 0 aromatic rings. The quantitative estimate of drug-likeness (QED) is 0.586. The van der Waals surface area contributed by atoms with Crippen molar-refractivity contribution < 1.29 is 4.79 Å². The molecule has 0 aromatic heterocycles. The maximum absolute atomic E-state index is 11.8. The van der Waals surface area contributed by atoms with Gasteiger partial charge in [-0.3, -0.25) is 9.69 Å². The summed E-state index contributed by atoms with van der Waals surface area (Å²) in [6, 6.07) is 0. The summed E-state index contributed by atoms with van der Waals surface area (Å²) in [5, 5.41) is 0. The second-order valence-electron chi connectivity index (χ2n) is 5.61. The first-order valence-electron chi connectivity index (χ1n) is 5.15. The van der Waals surface area contributed by atoms with Crippen molar-refractivity contribution in [1.29, 1.82) is 0 Å². The van der Waals surface area contributed by atoms with Crippen LogP contribution in [0.1, 0.15) is 34.1 Å². The third-order valence-corrected chi connectivity index (χ3v) is 3.45. The molecule has 1 heterocycles. The molecular weight excluding hydrogens is 176 g/mol. The number of carbonyl (C=O) groups is 1. The number of rotatable bonds is 0. The summed E-state index contributed by atoms with van der Waals surface area (Å²) in [5.41, 5.74) is -0.00421. The molecule has 0 aromatic carbocycles. The van der Waals surface area contributed by atoms with Gasteiger partial charge in [-0.1, -0.05) is 0 Å². The molecule has 1 amide bonds. The fourth-order valence-corrected chi connectivity index (χ4v) is 2.22. The topological polar surface area (TPSA) is 23.6 Å². The summed E-state index contributed by atoms with van der Waals surface area (Å²) in [5.74, 6) is 0.243. The maximum Gasteiger partial charge on any atom is 0.224 e. The number of nitrogens with zero attached hydrogens (tertiary/aromatic N) is 2. The SMILES string of the molecule is CN1CC(C)(C)N(C)C(C)(C)CC1=O. The van der Waals surface area contributed by atoms with Crippen molar-refractivity contribution in [2.75, 3.05) is 20.6 Å². The summed E-state index contributed by atoms with van der Waals surface area (Å²) in [6.07, 6.45) is 0.601. The molecule has 3 heteroatoms. The van der Waals surface area contributed by atoms with Gasteiger partial charge >= 0.3 is 0 Å². The molecule has 82 valence electrons. The van der Waals surface area contributed by atoms with Crippen LogP contribution in [-0.2, 0) is 4.79 Å². The molecule has 0 N–H and O–H groups in total. The van der Waals surface area contributed by atoms with Crippen LogP contribution < -0.4 is 0 Å². The van der Waals surface area contributed by atoms with E-state index in [9.17, 15) is 4.79 Å². The molecule has 0 saturated carbocycles. The third-order valence-electron chi connectivity index (χ3n) is 3.45. The van der Waals surface area contributed by atoms with Crippen LogP contribution in [-0.4, -0.2) is 47.4 Å². The van der Waals surface area contributed by atoms with Crippen LogP contribution in [0.2, 0.25) is 0 Å². The second-order valence-corrected chi connectivity index (χ2v) is 5.61. The Morgan fingerprint density at radius 1 is 1.07 bits per heavy atom. The van der Waals surface area contributed by atoms with Crippen LogP contribution in [0.5, 0.6) is 0 Å². The van der Waals surface area contributed by atoms with E-state index in [4.69, 9.17) is 0 Å². The molecule has 0 bridgehead atoms. The van der Waals surface area contributed by atoms with Gasteiger partial charge in [-0.15, -0.1) is 0 Å². The predicted molar refractivity (Wildman–Crippen MR) is 58.2 cm³/mol. The van der Waals surface area contributed by atoms with Gasteiger partial charge < -0.3 is 4.90 Å². The molecule has 3 nitrogen and oxygen atoms in total. The average Bonchev–Trinajstić information content (AvgIpc) is 2.03. The molecule has 1 aliphatic heterocycles. The first kappa shape index (κ1) is 11.5. The van der Waals surface area contributed by atoms with Gasteiger partial charge in [0.25, 0.3) is 0 Å². The minimum absolute atomic E-state index is 0.0460. The lowest BCUT2D eigenvalue weighted by molar-refractivity contribution is -0.130. The van der Waals surface area contributed by atoms with E-state index in [1.54, 1.807) is 0 Å². The molecule has 1 fully saturated rings. The second kappa shape index (κ2) is 3.23. The number of hydrogen-bond acceptors (Lipinski definition) is 2. The standard InChI is InChI=1S/C11H22N2O/c1-10(2)7-9(14)12(5)8-11(3,4)13(10)6/h7-8H2,1-6H3. The molecule has 1 rings (SSSR count). The van der Waals surface area contributed by atoms with Crippen LogP contribution in [0, 0.1) is 0 Å². The van der Waals surface area contributed by atoms with Gasteiger partial charge in [0.15, 0.2) is 0 Å². The molecule has 1 saturated heterocycles. The Bertz CT molecular complexity index is 246. The molecule has 0 radical (unpaired) electrons. The minimum Gasteiger partial charge on any atom is -0.344 e. The number of hydrogen-bond donors (Lipinski definition) is 0. The van der Waals surface area contributed by atoms with Crippen molar-refractivity contribution in [3.05, 3.63) is 0 Å². The van der Waals surface area contributed by atoms with Gasteiger partial charge in [0.05, 0.1) is 0 Å². The smallest absolute Gasteiger partial charge is 0.224 e. The molecule has 0 atom stereocenters. The number of amides is 1. The van der Waals surface area contributed by atoms with Gasteiger partial charge in [0, 0.05) is 31.1 Å².